The number of aromatic nitrogens is 1. The first kappa shape index (κ1) is 13.2. The van der Waals surface area contributed by atoms with Gasteiger partial charge >= 0.3 is 0 Å². The van der Waals surface area contributed by atoms with E-state index in [2.05, 4.69) is 41.2 Å². The van der Waals surface area contributed by atoms with E-state index in [1.54, 1.807) is 6.07 Å². The maximum absolute atomic E-state index is 8.25. The van der Waals surface area contributed by atoms with Crippen LogP contribution in [0.4, 0.5) is 0 Å². The normalized spacial score (nSPS) is 11.9. The molecule has 0 aliphatic carbocycles. The van der Waals surface area contributed by atoms with Crippen molar-refractivity contribution in [2.75, 3.05) is 0 Å². The molecule has 0 aliphatic rings. The van der Waals surface area contributed by atoms with Gasteiger partial charge in [0.25, 0.3) is 0 Å². The van der Waals surface area contributed by atoms with E-state index in [9.17, 15) is 0 Å². The Morgan fingerprint density at radius 1 is 1.37 bits per heavy atom. The second kappa shape index (κ2) is 6.07. The highest BCUT2D eigenvalue weighted by Crippen LogP contribution is 2.24. The minimum Gasteiger partial charge on any atom is -0.361 e. The van der Waals surface area contributed by atoms with Gasteiger partial charge in [-0.3, -0.25) is 0 Å². The molecule has 2 rings (SSSR count). The van der Waals surface area contributed by atoms with Gasteiger partial charge in [-0.2, -0.15) is 0 Å². The van der Waals surface area contributed by atoms with E-state index in [4.69, 9.17) is 10.1 Å². The van der Waals surface area contributed by atoms with Crippen molar-refractivity contribution >= 4 is 0 Å². The van der Waals surface area contributed by atoms with Crippen LogP contribution in [0, 0.1) is 0 Å². The Morgan fingerprint density at radius 2 is 2.11 bits per heavy atom. The van der Waals surface area contributed by atoms with Crippen LogP contribution in [0.25, 0.3) is 21.7 Å². The number of hydrogen-bond donors (Lipinski definition) is 0. The number of azide groups is 1. The van der Waals surface area contributed by atoms with E-state index in [1.165, 1.54) is 5.56 Å². The van der Waals surface area contributed by atoms with Crippen LogP contribution in [0.1, 0.15) is 37.5 Å². The van der Waals surface area contributed by atoms with Crippen molar-refractivity contribution in [2.45, 2.75) is 32.7 Å². The molecule has 5 nitrogen and oxygen atoms in total. The zero-order valence-corrected chi connectivity index (χ0v) is 11.1. The van der Waals surface area contributed by atoms with Gasteiger partial charge in [-0.15, -0.1) is 0 Å². The fourth-order valence-electron chi connectivity index (χ4n) is 1.84. The first-order valence-electron chi connectivity index (χ1n) is 6.31. The van der Waals surface area contributed by atoms with E-state index in [1.807, 2.05) is 12.1 Å². The standard InChI is InChI=1S/C14H16N4O/c1-3-10(2)11-4-6-12(7-5-11)14-8-13(19-17-14)9-16-18-15/h4-8,10H,3,9H2,1-2H3. The highest BCUT2D eigenvalue weighted by Gasteiger charge is 2.07. The maximum Gasteiger partial charge on any atom is 0.143 e. The van der Waals surface area contributed by atoms with Crippen molar-refractivity contribution in [3.63, 3.8) is 0 Å². The van der Waals surface area contributed by atoms with Crippen LogP contribution < -0.4 is 0 Å². The maximum atomic E-state index is 8.25. The molecule has 1 aromatic carbocycles. The zero-order chi connectivity index (χ0) is 13.7. The van der Waals surface area contributed by atoms with E-state index < -0.39 is 0 Å². The summed E-state index contributed by atoms with van der Waals surface area (Å²) in [5, 5.41) is 7.42. The summed E-state index contributed by atoms with van der Waals surface area (Å²) in [5.74, 6) is 1.13. The third-order valence-electron chi connectivity index (χ3n) is 3.24. The van der Waals surface area contributed by atoms with Crippen molar-refractivity contribution in [1.82, 2.24) is 5.16 Å². The molecule has 0 saturated heterocycles. The van der Waals surface area contributed by atoms with Crippen molar-refractivity contribution in [2.24, 2.45) is 5.11 Å². The van der Waals surface area contributed by atoms with Crippen molar-refractivity contribution in [3.05, 3.63) is 52.1 Å². The SMILES string of the molecule is CCC(C)c1ccc(-c2cc(CN=[N+]=[N-])on2)cc1. The van der Waals surface area contributed by atoms with Gasteiger partial charge in [0.15, 0.2) is 0 Å². The summed E-state index contributed by atoms with van der Waals surface area (Å²) in [7, 11) is 0. The lowest BCUT2D eigenvalue weighted by Crippen LogP contribution is -1.90. The second-order valence-electron chi connectivity index (χ2n) is 4.50. The van der Waals surface area contributed by atoms with Gasteiger partial charge in [0.1, 0.15) is 11.5 Å². The summed E-state index contributed by atoms with van der Waals surface area (Å²) in [4.78, 5) is 2.69. The molecule has 0 aliphatic heterocycles. The summed E-state index contributed by atoms with van der Waals surface area (Å²) in [5.41, 5.74) is 11.3. The first-order valence-corrected chi connectivity index (χ1v) is 6.31. The van der Waals surface area contributed by atoms with Crippen molar-refractivity contribution in [3.8, 4) is 11.3 Å². The lowest BCUT2D eigenvalue weighted by Gasteiger charge is -2.08. The van der Waals surface area contributed by atoms with Crippen molar-refractivity contribution < 1.29 is 4.52 Å². The largest absolute Gasteiger partial charge is 0.361 e. The predicted octanol–water partition coefficient (Wildman–Crippen LogP) is 4.67. The molecule has 0 radical (unpaired) electrons. The summed E-state index contributed by atoms with van der Waals surface area (Å²) in [6.45, 7) is 4.58. The van der Waals surface area contributed by atoms with Gasteiger partial charge in [-0.1, -0.05) is 48.4 Å². The Balaban J connectivity index is 2.17. The van der Waals surface area contributed by atoms with Gasteiger partial charge in [0.2, 0.25) is 0 Å². The molecule has 0 N–H and O–H groups in total. The summed E-state index contributed by atoms with van der Waals surface area (Å²) < 4.78 is 5.11. The molecule has 1 aromatic heterocycles. The second-order valence-corrected chi connectivity index (χ2v) is 4.50. The molecule has 0 spiro atoms. The van der Waals surface area contributed by atoms with Crippen molar-refractivity contribution in [1.29, 1.82) is 0 Å². The Kier molecular flexibility index (Phi) is 4.21. The topological polar surface area (TPSA) is 74.8 Å². The smallest absolute Gasteiger partial charge is 0.143 e. The number of benzene rings is 1. The first-order chi connectivity index (χ1) is 9.24. The van der Waals surface area contributed by atoms with Crippen LogP contribution in [0.3, 0.4) is 0 Å². The average Bonchev–Trinajstić information content (AvgIpc) is 2.93. The van der Waals surface area contributed by atoms with Gasteiger partial charge in [0.05, 0.1) is 6.54 Å². The molecular formula is C14H16N4O. The highest BCUT2D eigenvalue weighted by atomic mass is 16.5. The fraction of sp³-hybridized carbons (Fsp3) is 0.357. The van der Waals surface area contributed by atoms with Crippen LogP contribution in [-0.4, -0.2) is 5.16 Å². The summed E-state index contributed by atoms with van der Waals surface area (Å²) in [6, 6.07) is 10.1. The molecule has 0 amide bonds. The molecule has 0 saturated carbocycles. The third-order valence-corrected chi connectivity index (χ3v) is 3.24. The molecule has 98 valence electrons. The number of rotatable bonds is 5. The van der Waals surface area contributed by atoms with E-state index >= 15 is 0 Å². The van der Waals surface area contributed by atoms with Crippen LogP contribution >= 0.6 is 0 Å². The zero-order valence-electron chi connectivity index (χ0n) is 11.1. The third kappa shape index (κ3) is 3.14. The van der Waals surface area contributed by atoms with E-state index in [0.717, 1.165) is 17.7 Å². The molecule has 0 fully saturated rings. The highest BCUT2D eigenvalue weighted by molar-refractivity contribution is 5.59. The van der Waals surface area contributed by atoms with E-state index in [-0.39, 0.29) is 6.54 Å². The number of nitrogens with zero attached hydrogens (tertiary/aromatic N) is 4. The molecule has 5 heteroatoms. The Hall–Kier alpha value is -2.26. The number of hydrogen-bond acceptors (Lipinski definition) is 3. The lowest BCUT2D eigenvalue weighted by atomic mass is 9.97. The minimum absolute atomic E-state index is 0.189. The monoisotopic (exact) mass is 256 g/mol. The van der Waals surface area contributed by atoms with Gasteiger partial charge in [0, 0.05) is 16.5 Å². The summed E-state index contributed by atoms with van der Waals surface area (Å²) >= 11 is 0. The summed E-state index contributed by atoms with van der Waals surface area (Å²) in [6.07, 6.45) is 1.12. The molecule has 1 atom stereocenters. The molecular weight excluding hydrogens is 240 g/mol. The Bertz CT molecular complexity index is 582. The van der Waals surface area contributed by atoms with E-state index in [0.29, 0.717) is 11.7 Å². The Morgan fingerprint density at radius 3 is 2.74 bits per heavy atom. The molecule has 0 bridgehead atoms. The molecule has 1 heterocycles. The lowest BCUT2D eigenvalue weighted by molar-refractivity contribution is 0.387. The fourth-order valence-corrected chi connectivity index (χ4v) is 1.84. The average molecular weight is 256 g/mol. The van der Waals surface area contributed by atoms with Gasteiger partial charge < -0.3 is 4.52 Å². The predicted molar refractivity (Wildman–Crippen MR) is 73.5 cm³/mol. The Labute approximate surface area is 111 Å². The molecule has 19 heavy (non-hydrogen) atoms. The molecule has 1 unspecified atom stereocenters. The van der Waals surface area contributed by atoms with Gasteiger partial charge in [-0.05, 0) is 23.4 Å². The minimum atomic E-state index is 0.189. The quantitative estimate of drug-likeness (QED) is 0.443. The molecule has 2 aromatic rings. The van der Waals surface area contributed by atoms with Crippen LogP contribution in [0.15, 0.2) is 40.0 Å². The van der Waals surface area contributed by atoms with Crippen LogP contribution in [-0.2, 0) is 6.54 Å². The van der Waals surface area contributed by atoms with Crippen LogP contribution in [0.2, 0.25) is 0 Å². The van der Waals surface area contributed by atoms with Crippen LogP contribution in [0.5, 0.6) is 0 Å². The van der Waals surface area contributed by atoms with Gasteiger partial charge in [-0.25, -0.2) is 0 Å².